The van der Waals surface area contributed by atoms with E-state index >= 15 is 0 Å². The van der Waals surface area contributed by atoms with Gasteiger partial charge in [0.1, 0.15) is 0 Å². The molecule has 0 saturated carbocycles. The number of halogens is 1. The Hall–Kier alpha value is -2.44. The van der Waals surface area contributed by atoms with Gasteiger partial charge in [0.25, 0.3) is 0 Å². The van der Waals surface area contributed by atoms with Crippen molar-refractivity contribution in [2.45, 2.75) is 25.3 Å². The van der Waals surface area contributed by atoms with E-state index in [1.165, 1.54) is 0 Å². The van der Waals surface area contributed by atoms with Gasteiger partial charge in [0.2, 0.25) is 17.7 Å². The number of carbonyl (C=O) groups excluding carboxylic acids is 3. The SMILES string of the molecule is Cl.NCC(NC(=O)CCN1C(=O)CCC1=O)c1ccc2ccccc2c1. The predicted molar refractivity (Wildman–Crippen MR) is 102 cm³/mol. The van der Waals surface area contributed by atoms with Crippen LogP contribution in [0.25, 0.3) is 10.8 Å². The summed E-state index contributed by atoms with van der Waals surface area (Å²) in [7, 11) is 0. The van der Waals surface area contributed by atoms with Crippen LogP contribution in [0.15, 0.2) is 42.5 Å². The number of amides is 3. The fourth-order valence-electron chi connectivity index (χ4n) is 3.06. The second-order valence-corrected chi connectivity index (χ2v) is 6.15. The highest BCUT2D eigenvalue weighted by atomic mass is 35.5. The number of benzene rings is 2. The molecule has 3 N–H and O–H groups in total. The van der Waals surface area contributed by atoms with Crippen LogP contribution < -0.4 is 11.1 Å². The first-order valence-corrected chi connectivity index (χ1v) is 8.40. The summed E-state index contributed by atoms with van der Waals surface area (Å²) in [6, 6.07) is 13.6. The molecular weight excluding hydrogens is 354 g/mol. The molecule has 1 heterocycles. The Morgan fingerprint density at radius 3 is 2.38 bits per heavy atom. The van der Waals surface area contributed by atoms with Gasteiger partial charge >= 0.3 is 0 Å². The van der Waals surface area contributed by atoms with Gasteiger partial charge in [-0.2, -0.15) is 0 Å². The van der Waals surface area contributed by atoms with Gasteiger partial charge in [-0.1, -0.05) is 36.4 Å². The van der Waals surface area contributed by atoms with Crippen LogP contribution >= 0.6 is 12.4 Å². The summed E-state index contributed by atoms with van der Waals surface area (Å²) in [5, 5.41) is 5.10. The summed E-state index contributed by atoms with van der Waals surface area (Å²) in [5.41, 5.74) is 6.76. The molecule has 0 bridgehead atoms. The molecular formula is C19H22ClN3O3. The molecule has 0 aliphatic carbocycles. The number of hydrogen-bond acceptors (Lipinski definition) is 4. The van der Waals surface area contributed by atoms with Crippen LogP contribution in [-0.4, -0.2) is 35.7 Å². The fourth-order valence-corrected chi connectivity index (χ4v) is 3.06. The molecule has 6 nitrogen and oxygen atoms in total. The van der Waals surface area contributed by atoms with Gasteiger partial charge in [0, 0.05) is 32.4 Å². The maximum absolute atomic E-state index is 12.2. The van der Waals surface area contributed by atoms with Gasteiger partial charge in [-0.15, -0.1) is 12.4 Å². The molecule has 1 fully saturated rings. The normalized spacial score (nSPS) is 15.0. The third-order valence-electron chi connectivity index (χ3n) is 4.46. The van der Waals surface area contributed by atoms with E-state index in [1.807, 2.05) is 42.5 Å². The lowest BCUT2D eigenvalue weighted by atomic mass is 10.0. The van der Waals surface area contributed by atoms with Crippen LogP contribution in [0, 0.1) is 0 Å². The summed E-state index contributed by atoms with van der Waals surface area (Å²) < 4.78 is 0. The Bertz CT molecular complexity index is 809. The van der Waals surface area contributed by atoms with Crippen molar-refractivity contribution < 1.29 is 14.4 Å². The van der Waals surface area contributed by atoms with E-state index < -0.39 is 0 Å². The van der Waals surface area contributed by atoms with Crippen LogP contribution in [-0.2, 0) is 14.4 Å². The van der Waals surface area contributed by atoms with Gasteiger partial charge in [0.05, 0.1) is 6.04 Å². The monoisotopic (exact) mass is 375 g/mol. The van der Waals surface area contributed by atoms with Crippen molar-refractivity contribution in [3.63, 3.8) is 0 Å². The first kappa shape index (κ1) is 19.9. The van der Waals surface area contributed by atoms with E-state index in [0.29, 0.717) is 0 Å². The predicted octanol–water partition coefficient (Wildman–Crippen LogP) is 1.92. The van der Waals surface area contributed by atoms with Gasteiger partial charge in [-0.25, -0.2) is 0 Å². The van der Waals surface area contributed by atoms with Crippen molar-refractivity contribution in [2.75, 3.05) is 13.1 Å². The molecule has 1 aliphatic rings. The molecule has 26 heavy (non-hydrogen) atoms. The molecule has 7 heteroatoms. The van der Waals surface area contributed by atoms with Crippen molar-refractivity contribution in [3.8, 4) is 0 Å². The average Bonchev–Trinajstić information content (AvgIpc) is 2.95. The number of hydrogen-bond donors (Lipinski definition) is 2. The summed E-state index contributed by atoms with van der Waals surface area (Å²) >= 11 is 0. The van der Waals surface area contributed by atoms with Crippen LogP contribution in [0.1, 0.15) is 30.9 Å². The zero-order chi connectivity index (χ0) is 17.8. The molecule has 2 aromatic rings. The number of carbonyl (C=O) groups is 3. The summed E-state index contributed by atoms with van der Waals surface area (Å²) in [5.74, 6) is -0.637. The molecule has 0 aromatic heterocycles. The minimum Gasteiger partial charge on any atom is -0.348 e. The lowest BCUT2D eigenvalue weighted by Gasteiger charge is -2.19. The van der Waals surface area contributed by atoms with Crippen molar-refractivity contribution >= 4 is 40.9 Å². The van der Waals surface area contributed by atoms with Gasteiger partial charge in [0.15, 0.2) is 0 Å². The van der Waals surface area contributed by atoms with Gasteiger partial charge in [-0.3, -0.25) is 19.3 Å². The average molecular weight is 376 g/mol. The van der Waals surface area contributed by atoms with E-state index in [1.54, 1.807) is 0 Å². The van der Waals surface area contributed by atoms with Crippen molar-refractivity contribution in [2.24, 2.45) is 5.73 Å². The number of rotatable bonds is 6. The number of nitrogens with zero attached hydrogens (tertiary/aromatic N) is 1. The molecule has 3 rings (SSSR count). The Labute approximate surface area is 158 Å². The lowest BCUT2D eigenvalue weighted by Crippen LogP contribution is -2.37. The molecule has 0 radical (unpaired) electrons. The maximum atomic E-state index is 12.2. The maximum Gasteiger partial charge on any atom is 0.229 e. The molecule has 1 atom stereocenters. The number of likely N-dealkylation sites (tertiary alicyclic amines) is 1. The minimum absolute atomic E-state index is 0. The smallest absolute Gasteiger partial charge is 0.229 e. The summed E-state index contributed by atoms with van der Waals surface area (Å²) in [4.78, 5) is 36.5. The number of imide groups is 1. The molecule has 1 saturated heterocycles. The van der Waals surface area contributed by atoms with Crippen molar-refractivity contribution in [1.82, 2.24) is 10.2 Å². The number of nitrogens with one attached hydrogen (secondary N) is 1. The van der Waals surface area contributed by atoms with Gasteiger partial charge in [-0.05, 0) is 22.4 Å². The molecule has 1 aliphatic heterocycles. The Balaban J connectivity index is 0.00000243. The highest BCUT2D eigenvalue weighted by Gasteiger charge is 2.29. The topological polar surface area (TPSA) is 92.5 Å². The lowest BCUT2D eigenvalue weighted by molar-refractivity contribution is -0.138. The largest absolute Gasteiger partial charge is 0.348 e. The molecule has 2 aromatic carbocycles. The Morgan fingerprint density at radius 1 is 1.08 bits per heavy atom. The minimum atomic E-state index is -0.304. The molecule has 138 valence electrons. The second-order valence-electron chi connectivity index (χ2n) is 6.15. The van der Waals surface area contributed by atoms with Crippen LogP contribution in [0.3, 0.4) is 0 Å². The second kappa shape index (κ2) is 8.78. The number of fused-ring (bicyclic) bond motifs is 1. The van der Waals surface area contributed by atoms with Crippen LogP contribution in [0.4, 0.5) is 0 Å². The molecule has 3 amide bonds. The first-order valence-electron chi connectivity index (χ1n) is 8.40. The first-order chi connectivity index (χ1) is 12.1. The molecule has 1 unspecified atom stereocenters. The highest BCUT2D eigenvalue weighted by Crippen LogP contribution is 2.20. The van der Waals surface area contributed by atoms with E-state index in [0.717, 1.165) is 21.2 Å². The van der Waals surface area contributed by atoms with Crippen molar-refractivity contribution in [1.29, 1.82) is 0 Å². The van der Waals surface area contributed by atoms with Crippen LogP contribution in [0.5, 0.6) is 0 Å². The van der Waals surface area contributed by atoms with E-state index in [9.17, 15) is 14.4 Å². The highest BCUT2D eigenvalue weighted by molar-refractivity contribution is 6.02. The van der Waals surface area contributed by atoms with Crippen LogP contribution in [0.2, 0.25) is 0 Å². The zero-order valence-corrected chi connectivity index (χ0v) is 15.1. The third-order valence-corrected chi connectivity index (χ3v) is 4.46. The standard InChI is InChI=1S/C19H21N3O3.ClH/c20-12-16(15-6-5-13-3-1-2-4-14(13)11-15)21-17(23)9-10-22-18(24)7-8-19(22)25;/h1-6,11,16H,7-10,12,20H2,(H,21,23);1H. The number of nitrogens with two attached hydrogens (primary N) is 1. The van der Waals surface area contributed by atoms with Gasteiger partial charge < -0.3 is 11.1 Å². The van der Waals surface area contributed by atoms with E-state index in [2.05, 4.69) is 5.32 Å². The van der Waals surface area contributed by atoms with Crippen molar-refractivity contribution in [3.05, 3.63) is 48.0 Å². The Kier molecular flexibility index (Phi) is 6.71. The third kappa shape index (κ3) is 4.39. The van der Waals surface area contributed by atoms with E-state index in [-0.39, 0.29) is 68.5 Å². The fraction of sp³-hybridized carbons (Fsp3) is 0.316. The quantitative estimate of drug-likeness (QED) is 0.754. The zero-order valence-electron chi connectivity index (χ0n) is 14.3. The molecule has 0 spiro atoms. The summed E-state index contributed by atoms with van der Waals surface area (Å²) in [6.45, 7) is 0.393. The van der Waals surface area contributed by atoms with E-state index in [4.69, 9.17) is 5.73 Å². The summed E-state index contributed by atoms with van der Waals surface area (Å²) in [6.07, 6.45) is 0.563. The Morgan fingerprint density at radius 2 is 1.73 bits per heavy atom.